The normalized spacial score (nSPS) is 10.4. The lowest BCUT2D eigenvalue weighted by Crippen LogP contribution is -2.19. The number of urea groups is 1. The molecule has 0 saturated carbocycles. The Hall–Kier alpha value is -2.87. The number of aromatic nitrogens is 3. The van der Waals surface area contributed by atoms with Crippen molar-refractivity contribution in [2.45, 2.75) is 19.8 Å². The number of benzene rings is 1. The van der Waals surface area contributed by atoms with Crippen molar-refractivity contribution in [1.82, 2.24) is 15.2 Å². The van der Waals surface area contributed by atoms with Crippen LogP contribution in [0.5, 0.6) is 0 Å². The van der Waals surface area contributed by atoms with Crippen molar-refractivity contribution in [1.29, 1.82) is 0 Å². The Morgan fingerprint density at radius 2 is 2.00 bits per heavy atom. The SMILES string of the molecule is CCCCNc1ccc(NC(=O)Nc2c[nH]nc2-c2nccs2)cc1. The molecule has 0 aliphatic heterocycles. The summed E-state index contributed by atoms with van der Waals surface area (Å²) in [5.41, 5.74) is 2.98. The first kappa shape index (κ1) is 17.0. The quantitative estimate of drug-likeness (QED) is 0.472. The zero-order valence-electron chi connectivity index (χ0n) is 13.9. The van der Waals surface area contributed by atoms with Crippen LogP contribution in [0.25, 0.3) is 10.7 Å². The number of anilines is 3. The third-order valence-electron chi connectivity index (χ3n) is 3.53. The topological polar surface area (TPSA) is 94.7 Å². The molecule has 0 aliphatic rings. The van der Waals surface area contributed by atoms with E-state index in [4.69, 9.17) is 0 Å². The summed E-state index contributed by atoms with van der Waals surface area (Å²) < 4.78 is 0. The van der Waals surface area contributed by atoms with E-state index >= 15 is 0 Å². The summed E-state index contributed by atoms with van der Waals surface area (Å²) in [4.78, 5) is 16.4. The number of amides is 2. The largest absolute Gasteiger partial charge is 0.385 e. The van der Waals surface area contributed by atoms with E-state index in [1.807, 2.05) is 29.6 Å². The Morgan fingerprint density at radius 3 is 2.72 bits per heavy atom. The van der Waals surface area contributed by atoms with Crippen LogP contribution < -0.4 is 16.0 Å². The van der Waals surface area contributed by atoms with E-state index in [1.54, 1.807) is 12.4 Å². The van der Waals surface area contributed by atoms with E-state index in [2.05, 4.69) is 38.1 Å². The van der Waals surface area contributed by atoms with Crippen LogP contribution in [0, 0.1) is 0 Å². The molecule has 1 aromatic carbocycles. The first-order valence-corrected chi connectivity index (χ1v) is 9.00. The monoisotopic (exact) mass is 356 g/mol. The van der Waals surface area contributed by atoms with Crippen LogP contribution in [-0.2, 0) is 0 Å². The smallest absolute Gasteiger partial charge is 0.323 e. The molecule has 3 aromatic rings. The fourth-order valence-electron chi connectivity index (χ4n) is 2.25. The molecule has 2 amide bonds. The number of carbonyl (C=O) groups excluding carboxylic acids is 1. The van der Waals surface area contributed by atoms with Gasteiger partial charge in [-0.2, -0.15) is 5.10 Å². The minimum atomic E-state index is -0.328. The van der Waals surface area contributed by atoms with Crippen LogP contribution in [0.2, 0.25) is 0 Å². The first-order chi connectivity index (χ1) is 12.3. The van der Waals surface area contributed by atoms with Crippen molar-refractivity contribution in [3.8, 4) is 10.7 Å². The number of nitrogens with zero attached hydrogens (tertiary/aromatic N) is 2. The predicted molar refractivity (Wildman–Crippen MR) is 102 cm³/mol. The number of thiazole rings is 1. The summed E-state index contributed by atoms with van der Waals surface area (Å²) in [6.07, 6.45) is 5.63. The molecule has 25 heavy (non-hydrogen) atoms. The Labute approximate surface area is 149 Å². The van der Waals surface area contributed by atoms with Crippen LogP contribution in [0.4, 0.5) is 21.9 Å². The van der Waals surface area contributed by atoms with Crippen LogP contribution in [0.15, 0.2) is 42.0 Å². The van der Waals surface area contributed by atoms with Crippen molar-refractivity contribution < 1.29 is 4.79 Å². The van der Waals surface area contributed by atoms with E-state index in [0.717, 1.165) is 35.8 Å². The number of rotatable bonds is 7. The van der Waals surface area contributed by atoms with Crippen LogP contribution in [0.1, 0.15) is 19.8 Å². The summed E-state index contributed by atoms with van der Waals surface area (Å²) in [5, 5.41) is 18.4. The van der Waals surface area contributed by atoms with Gasteiger partial charge < -0.3 is 16.0 Å². The summed E-state index contributed by atoms with van der Waals surface area (Å²) in [6, 6.07) is 7.30. The van der Waals surface area contributed by atoms with Crippen LogP contribution in [0.3, 0.4) is 0 Å². The third kappa shape index (κ3) is 4.57. The molecule has 4 N–H and O–H groups in total. The Bertz CT molecular complexity index is 797. The van der Waals surface area contributed by atoms with Crippen molar-refractivity contribution in [3.63, 3.8) is 0 Å². The van der Waals surface area contributed by atoms with Gasteiger partial charge in [-0.1, -0.05) is 13.3 Å². The van der Waals surface area contributed by atoms with Crippen LogP contribution in [-0.4, -0.2) is 27.8 Å². The molecule has 0 aliphatic carbocycles. The van der Waals surface area contributed by atoms with Gasteiger partial charge in [0.1, 0.15) is 10.7 Å². The molecule has 8 heteroatoms. The maximum atomic E-state index is 12.2. The molecular formula is C17H20N6OS. The standard InChI is InChI=1S/C17H20N6OS/c1-2-3-8-18-12-4-6-13(7-5-12)21-17(24)22-14-11-20-23-15(14)16-19-9-10-25-16/h4-7,9-11,18H,2-3,8H2,1H3,(H,20,23)(H2,21,22,24). The fourth-order valence-corrected chi connectivity index (χ4v) is 2.89. The molecule has 0 bridgehead atoms. The average molecular weight is 356 g/mol. The van der Waals surface area contributed by atoms with Gasteiger partial charge in [0.25, 0.3) is 0 Å². The second-order valence-corrected chi connectivity index (χ2v) is 6.32. The molecule has 0 atom stereocenters. The summed E-state index contributed by atoms with van der Waals surface area (Å²) in [7, 11) is 0. The van der Waals surface area contributed by atoms with Crippen LogP contribution >= 0.6 is 11.3 Å². The number of H-pyrrole nitrogens is 1. The van der Waals surface area contributed by atoms with Gasteiger partial charge in [-0.25, -0.2) is 9.78 Å². The highest BCUT2D eigenvalue weighted by molar-refractivity contribution is 7.13. The Kier molecular flexibility index (Phi) is 5.63. The zero-order valence-corrected chi connectivity index (χ0v) is 14.7. The van der Waals surface area contributed by atoms with E-state index in [0.29, 0.717) is 11.4 Å². The Balaban J connectivity index is 1.57. The van der Waals surface area contributed by atoms with Gasteiger partial charge in [-0.3, -0.25) is 5.10 Å². The first-order valence-electron chi connectivity index (χ1n) is 8.12. The molecule has 0 radical (unpaired) electrons. The molecule has 0 saturated heterocycles. The third-order valence-corrected chi connectivity index (χ3v) is 4.31. The second-order valence-electron chi connectivity index (χ2n) is 5.42. The van der Waals surface area contributed by atoms with Crippen molar-refractivity contribution in [2.24, 2.45) is 0 Å². The van der Waals surface area contributed by atoms with Crippen molar-refractivity contribution in [3.05, 3.63) is 42.0 Å². The molecule has 130 valence electrons. The maximum Gasteiger partial charge on any atom is 0.323 e. The summed E-state index contributed by atoms with van der Waals surface area (Å²) >= 11 is 1.46. The number of nitrogens with one attached hydrogen (secondary N) is 4. The summed E-state index contributed by atoms with van der Waals surface area (Å²) in [6.45, 7) is 3.11. The number of hydrogen-bond acceptors (Lipinski definition) is 5. The van der Waals surface area contributed by atoms with Gasteiger partial charge in [0.05, 0.1) is 5.69 Å². The number of carbonyl (C=O) groups is 1. The van der Waals surface area contributed by atoms with E-state index < -0.39 is 0 Å². The number of hydrogen-bond donors (Lipinski definition) is 4. The highest BCUT2D eigenvalue weighted by atomic mass is 32.1. The van der Waals surface area contributed by atoms with E-state index in [1.165, 1.54) is 11.3 Å². The molecule has 2 heterocycles. The fraction of sp³-hybridized carbons (Fsp3) is 0.235. The lowest BCUT2D eigenvalue weighted by molar-refractivity contribution is 0.262. The number of unbranched alkanes of at least 4 members (excludes halogenated alkanes) is 1. The maximum absolute atomic E-state index is 12.2. The molecule has 0 unspecified atom stereocenters. The molecule has 0 spiro atoms. The Morgan fingerprint density at radius 1 is 1.20 bits per heavy atom. The highest BCUT2D eigenvalue weighted by Gasteiger charge is 2.13. The van der Waals surface area contributed by atoms with Crippen molar-refractivity contribution >= 4 is 34.4 Å². The van der Waals surface area contributed by atoms with Crippen molar-refractivity contribution in [2.75, 3.05) is 22.5 Å². The molecular weight excluding hydrogens is 336 g/mol. The lowest BCUT2D eigenvalue weighted by atomic mass is 10.2. The predicted octanol–water partition coefficient (Wildman–Crippen LogP) is 4.39. The molecule has 0 fully saturated rings. The van der Waals surface area contributed by atoms with Gasteiger partial charge in [0.15, 0.2) is 0 Å². The van der Waals surface area contributed by atoms with Gasteiger partial charge >= 0.3 is 6.03 Å². The molecule has 2 aromatic heterocycles. The summed E-state index contributed by atoms with van der Waals surface area (Å²) in [5.74, 6) is 0. The lowest BCUT2D eigenvalue weighted by Gasteiger charge is -2.09. The zero-order chi connectivity index (χ0) is 17.5. The van der Waals surface area contributed by atoms with Gasteiger partial charge in [0, 0.05) is 35.7 Å². The van der Waals surface area contributed by atoms with E-state index in [9.17, 15) is 4.79 Å². The van der Waals surface area contributed by atoms with Gasteiger partial charge in [-0.05, 0) is 30.7 Å². The highest BCUT2D eigenvalue weighted by Crippen LogP contribution is 2.27. The average Bonchev–Trinajstić information content (AvgIpc) is 3.28. The minimum absolute atomic E-state index is 0.328. The van der Waals surface area contributed by atoms with Gasteiger partial charge in [-0.15, -0.1) is 11.3 Å². The van der Waals surface area contributed by atoms with E-state index in [-0.39, 0.29) is 6.03 Å². The molecule has 3 rings (SSSR count). The number of aromatic amines is 1. The second kappa shape index (κ2) is 8.29. The molecule has 7 nitrogen and oxygen atoms in total. The minimum Gasteiger partial charge on any atom is -0.385 e. The van der Waals surface area contributed by atoms with Gasteiger partial charge in [0.2, 0.25) is 0 Å².